The number of carbonyl (C=O) groups excluding carboxylic acids is 1. The van der Waals surface area contributed by atoms with E-state index in [0.717, 1.165) is 22.7 Å². The van der Waals surface area contributed by atoms with Gasteiger partial charge in [0.2, 0.25) is 0 Å². The maximum Gasteiger partial charge on any atom is 0.424 e. The van der Waals surface area contributed by atoms with Crippen LogP contribution in [0.15, 0.2) is 29.2 Å². The third-order valence-electron chi connectivity index (χ3n) is 4.23. The summed E-state index contributed by atoms with van der Waals surface area (Å²) in [5, 5.41) is 0. The summed E-state index contributed by atoms with van der Waals surface area (Å²) in [7, 11) is -4.04. The highest BCUT2D eigenvalue weighted by atomic mass is 32.2. The topological polar surface area (TPSA) is 89.7 Å². The third kappa shape index (κ3) is 4.73. The summed E-state index contributed by atoms with van der Waals surface area (Å²) in [6, 6.07) is 5.46. The van der Waals surface area contributed by atoms with E-state index in [0.29, 0.717) is 12.8 Å². The van der Waals surface area contributed by atoms with Crippen LogP contribution in [0.2, 0.25) is 0 Å². The van der Waals surface area contributed by atoms with Gasteiger partial charge in [-0.1, -0.05) is 30.5 Å². The molecule has 1 aliphatic rings. The van der Waals surface area contributed by atoms with E-state index in [2.05, 4.69) is 0 Å². The number of aryl methyl sites for hydroxylation is 1. The molecule has 0 spiro atoms. The van der Waals surface area contributed by atoms with Gasteiger partial charge in [-0.3, -0.25) is 0 Å². The van der Waals surface area contributed by atoms with E-state index in [4.69, 9.17) is 10.5 Å². The lowest BCUT2D eigenvalue weighted by Crippen LogP contribution is -2.55. The molecule has 0 unspecified atom stereocenters. The lowest BCUT2D eigenvalue weighted by atomic mass is 9.91. The monoisotopic (exact) mass is 368 g/mol. The zero-order valence-electron chi connectivity index (χ0n) is 15.4. The molecule has 0 heterocycles. The van der Waals surface area contributed by atoms with E-state index in [1.54, 1.807) is 32.9 Å². The summed E-state index contributed by atoms with van der Waals surface area (Å²) < 4.78 is 32.6. The van der Waals surface area contributed by atoms with Crippen molar-refractivity contribution in [2.45, 2.75) is 76.0 Å². The van der Waals surface area contributed by atoms with Crippen LogP contribution >= 0.6 is 0 Å². The first-order valence-electron chi connectivity index (χ1n) is 8.62. The Bertz CT molecular complexity index is 708. The molecule has 2 N–H and O–H groups in total. The van der Waals surface area contributed by atoms with Crippen LogP contribution in [-0.2, 0) is 14.8 Å². The number of nitrogens with two attached hydrogens (primary N) is 1. The number of sulfonamides is 1. The van der Waals surface area contributed by atoms with Crippen LogP contribution in [-0.4, -0.2) is 36.5 Å². The Balaban J connectivity index is 2.45. The van der Waals surface area contributed by atoms with Crippen molar-refractivity contribution < 1.29 is 17.9 Å². The molecule has 0 aliphatic heterocycles. The average Bonchev–Trinajstić information content (AvgIpc) is 2.48. The van der Waals surface area contributed by atoms with Crippen LogP contribution in [0.25, 0.3) is 0 Å². The highest BCUT2D eigenvalue weighted by Crippen LogP contribution is 2.29. The number of carbonyl (C=O) groups is 1. The largest absolute Gasteiger partial charge is 0.443 e. The second-order valence-corrected chi connectivity index (χ2v) is 9.42. The predicted molar refractivity (Wildman–Crippen MR) is 96.7 cm³/mol. The fourth-order valence-electron chi connectivity index (χ4n) is 2.97. The van der Waals surface area contributed by atoms with Crippen LogP contribution in [0.4, 0.5) is 4.79 Å². The van der Waals surface area contributed by atoms with Crippen molar-refractivity contribution in [3.8, 4) is 0 Å². The Morgan fingerprint density at radius 1 is 1.16 bits per heavy atom. The van der Waals surface area contributed by atoms with Gasteiger partial charge in [0.15, 0.2) is 0 Å². The van der Waals surface area contributed by atoms with Crippen molar-refractivity contribution in [3.05, 3.63) is 29.8 Å². The van der Waals surface area contributed by atoms with Crippen LogP contribution in [0, 0.1) is 6.92 Å². The Kier molecular flexibility index (Phi) is 5.79. The highest BCUT2D eigenvalue weighted by Gasteiger charge is 2.41. The maximum absolute atomic E-state index is 13.2. The van der Waals surface area contributed by atoms with Crippen molar-refractivity contribution >= 4 is 16.1 Å². The van der Waals surface area contributed by atoms with Gasteiger partial charge in [0.05, 0.1) is 10.9 Å². The summed E-state index contributed by atoms with van der Waals surface area (Å²) in [6.07, 6.45) is 2.14. The van der Waals surface area contributed by atoms with Gasteiger partial charge in [-0.05, 0) is 52.7 Å². The smallest absolute Gasteiger partial charge is 0.424 e. The van der Waals surface area contributed by atoms with Crippen LogP contribution in [0.3, 0.4) is 0 Å². The first kappa shape index (κ1) is 19.7. The van der Waals surface area contributed by atoms with Gasteiger partial charge in [0, 0.05) is 6.04 Å². The van der Waals surface area contributed by atoms with E-state index >= 15 is 0 Å². The molecule has 140 valence electrons. The number of nitrogens with zero attached hydrogens (tertiary/aromatic N) is 1. The number of rotatable bonds is 3. The molecular formula is C18H28N2O4S. The first-order chi connectivity index (χ1) is 11.5. The molecule has 0 radical (unpaired) electrons. The number of hydrogen-bond acceptors (Lipinski definition) is 5. The van der Waals surface area contributed by atoms with Gasteiger partial charge >= 0.3 is 6.09 Å². The minimum Gasteiger partial charge on any atom is -0.443 e. The molecule has 1 aromatic rings. The molecule has 25 heavy (non-hydrogen) atoms. The molecule has 7 heteroatoms. The van der Waals surface area contributed by atoms with E-state index in [1.807, 2.05) is 6.92 Å². The number of amides is 1. The zero-order chi connectivity index (χ0) is 18.8. The van der Waals surface area contributed by atoms with Crippen molar-refractivity contribution in [2.75, 3.05) is 0 Å². The highest BCUT2D eigenvalue weighted by molar-refractivity contribution is 7.89. The molecular weight excluding hydrogens is 340 g/mol. The van der Waals surface area contributed by atoms with E-state index in [-0.39, 0.29) is 10.9 Å². The lowest BCUT2D eigenvalue weighted by molar-refractivity contribution is 0.0298. The van der Waals surface area contributed by atoms with Crippen LogP contribution < -0.4 is 5.73 Å². The number of ether oxygens (including phenoxy) is 1. The lowest BCUT2D eigenvalue weighted by Gasteiger charge is -2.37. The summed E-state index contributed by atoms with van der Waals surface area (Å²) in [5.74, 6) is 0. The SMILES string of the molecule is Cc1ccc(S(=O)(=O)N(C(=O)OC(C)(C)C)[C@H]2CCCC[C@@H]2N)cc1. The van der Waals surface area contributed by atoms with Crippen molar-refractivity contribution in [1.82, 2.24) is 4.31 Å². The summed E-state index contributed by atoms with van der Waals surface area (Å²) in [5.41, 5.74) is 6.31. The summed E-state index contributed by atoms with van der Waals surface area (Å²) >= 11 is 0. The second kappa shape index (κ2) is 7.33. The third-order valence-corrected chi connectivity index (χ3v) is 6.04. The Morgan fingerprint density at radius 2 is 1.72 bits per heavy atom. The van der Waals surface area contributed by atoms with Gasteiger partial charge in [-0.2, -0.15) is 4.31 Å². The minimum atomic E-state index is -4.04. The second-order valence-electron chi connectivity index (χ2n) is 7.61. The quantitative estimate of drug-likeness (QED) is 0.885. The fraction of sp³-hybridized carbons (Fsp3) is 0.611. The zero-order valence-corrected chi connectivity index (χ0v) is 16.2. The van der Waals surface area contributed by atoms with E-state index in [1.165, 1.54) is 12.1 Å². The van der Waals surface area contributed by atoms with Crippen molar-refractivity contribution in [2.24, 2.45) is 5.73 Å². The predicted octanol–water partition coefficient (Wildman–Crippen LogP) is 3.19. The summed E-state index contributed by atoms with van der Waals surface area (Å²) in [4.78, 5) is 12.8. The molecule has 0 aromatic heterocycles. The van der Waals surface area contributed by atoms with Gasteiger partial charge in [0.25, 0.3) is 10.0 Å². The Labute approximate surface area is 150 Å². The molecule has 1 amide bonds. The van der Waals surface area contributed by atoms with E-state index in [9.17, 15) is 13.2 Å². The Morgan fingerprint density at radius 3 is 2.24 bits per heavy atom. The fourth-order valence-corrected chi connectivity index (χ4v) is 4.53. The standard InChI is InChI=1S/C18H28N2O4S/c1-13-9-11-14(12-10-13)25(22,23)20(17(21)24-18(2,3)4)16-8-6-5-7-15(16)19/h9-12,15-16H,5-8,19H2,1-4H3/t15-,16-/m0/s1. The molecule has 1 aliphatic carbocycles. The molecule has 6 nitrogen and oxygen atoms in total. The van der Waals surface area contributed by atoms with Crippen molar-refractivity contribution in [1.29, 1.82) is 0 Å². The van der Waals surface area contributed by atoms with Gasteiger partial charge in [-0.15, -0.1) is 0 Å². The molecule has 1 saturated carbocycles. The Hall–Kier alpha value is -1.60. The molecule has 1 fully saturated rings. The van der Waals surface area contributed by atoms with Gasteiger partial charge in [0.1, 0.15) is 5.60 Å². The average molecular weight is 368 g/mol. The number of benzene rings is 1. The minimum absolute atomic E-state index is 0.0710. The molecule has 0 saturated heterocycles. The van der Waals surface area contributed by atoms with Crippen LogP contribution in [0.1, 0.15) is 52.0 Å². The molecule has 1 aromatic carbocycles. The van der Waals surface area contributed by atoms with Gasteiger partial charge < -0.3 is 10.5 Å². The maximum atomic E-state index is 13.2. The number of hydrogen-bond donors (Lipinski definition) is 1. The first-order valence-corrected chi connectivity index (χ1v) is 10.1. The van der Waals surface area contributed by atoms with Crippen LogP contribution in [0.5, 0.6) is 0 Å². The van der Waals surface area contributed by atoms with Crippen molar-refractivity contribution in [3.63, 3.8) is 0 Å². The summed E-state index contributed by atoms with van der Waals surface area (Å²) in [6.45, 7) is 7.01. The molecule has 0 bridgehead atoms. The molecule has 2 atom stereocenters. The van der Waals surface area contributed by atoms with Gasteiger partial charge in [-0.25, -0.2) is 13.2 Å². The normalized spacial score (nSPS) is 21.6. The molecule has 2 rings (SSSR count). The van der Waals surface area contributed by atoms with E-state index < -0.39 is 27.8 Å².